The van der Waals surface area contributed by atoms with Gasteiger partial charge in [0.05, 0.1) is 5.69 Å². The lowest BCUT2D eigenvalue weighted by atomic mass is 9.99. The molecule has 1 heterocycles. The molecule has 1 aromatic rings. The molecule has 1 amide bonds. The highest BCUT2D eigenvalue weighted by Gasteiger charge is 2.25. The van der Waals surface area contributed by atoms with E-state index in [2.05, 4.69) is 10.5 Å². The topological polar surface area (TPSA) is 92.4 Å². The fourth-order valence-electron chi connectivity index (χ4n) is 1.81. The van der Waals surface area contributed by atoms with Crippen LogP contribution in [0.5, 0.6) is 0 Å². The normalized spacial score (nSPS) is 13.8. The summed E-state index contributed by atoms with van der Waals surface area (Å²) in [4.78, 5) is 22.9. The highest BCUT2D eigenvalue weighted by molar-refractivity contribution is 6.29. The van der Waals surface area contributed by atoms with Crippen LogP contribution in [0.1, 0.15) is 37.9 Å². The molecular weight excluding hydrogens is 284 g/mol. The van der Waals surface area contributed by atoms with Crippen molar-refractivity contribution >= 4 is 23.5 Å². The number of amides is 1. The third kappa shape index (κ3) is 4.23. The van der Waals surface area contributed by atoms with Gasteiger partial charge < -0.3 is 14.9 Å². The molecule has 112 valence electrons. The number of hydrogen-bond donors (Lipinski definition) is 2. The first kappa shape index (κ1) is 16.5. The molecule has 0 spiro atoms. The molecular formula is C13H19ClN2O4. The fourth-order valence-corrected chi connectivity index (χ4v) is 2.07. The molecule has 0 saturated carbocycles. The molecule has 0 aromatic carbocycles. The number of aromatic nitrogens is 1. The quantitative estimate of drug-likeness (QED) is 0.805. The van der Waals surface area contributed by atoms with Crippen molar-refractivity contribution in [2.24, 2.45) is 5.92 Å². The van der Waals surface area contributed by atoms with Crippen LogP contribution in [0.25, 0.3) is 0 Å². The second-order valence-corrected chi connectivity index (χ2v) is 5.13. The average Bonchev–Trinajstić information content (AvgIpc) is 2.72. The maximum Gasteiger partial charge on any atom is 0.326 e. The zero-order valence-electron chi connectivity index (χ0n) is 11.8. The molecule has 0 saturated heterocycles. The van der Waals surface area contributed by atoms with Gasteiger partial charge >= 0.3 is 5.97 Å². The Kier molecular flexibility index (Phi) is 6.01. The van der Waals surface area contributed by atoms with Gasteiger partial charge in [0, 0.05) is 12.0 Å². The number of hydrogen-bond acceptors (Lipinski definition) is 4. The van der Waals surface area contributed by atoms with Crippen molar-refractivity contribution in [3.8, 4) is 0 Å². The Bertz CT molecular complexity index is 467. The second kappa shape index (κ2) is 7.28. The number of nitrogens with one attached hydrogen (secondary N) is 1. The van der Waals surface area contributed by atoms with Crippen LogP contribution in [0.3, 0.4) is 0 Å². The Morgan fingerprint density at radius 3 is 2.60 bits per heavy atom. The summed E-state index contributed by atoms with van der Waals surface area (Å²) >= 11 is 5.80. The van der Waals surface area contributed by atoms with Crippen LogP contribution in [-0.2, 0) is 16.0 Å². The van der Waals surface area contributed by atoms with Gasteiger partial charge in [-0.25, -0.2) is 4.79 Å². The summed E-state index contributed by atoms with van der Waals surface area (Å²) < 4.78 is 4.79. The lowest BCUT2D eigenvalue weighted by Crippen LogP contribution is -2.45. The highest BCUT2D eigenvalue weighted by Crippen LogP contribution is 2.20. The van der Waals surface area contributed by atoms with Crippen LogP contribution < -0.4 is 5.32 Å². The molecule has 0 fully saturated rings. The number of carbonyl (C=O) groups excluding carboxylic acids is 1. The van der Waals surface area contributed by atoms with E-state index in [-0.39, 0.29) is 23.5 Å². The zero-order chi connectivity index (χ0) is 15.3. The van der Waals surface area contributed by atoms with Gasteiger partial charge in [-0.2, -0.15) is 0 Å². The van der Waals surface area contributed by atoms with Crippen LogP contribution in [0.15, 0.2) is 4.52 Å². The molecule has 0 aliphatic rings. The van der Waals surface area contributed by atoms with Crippen molar-refractivity contribution in [3.05, 3.63) is 16.5 Å². The van der Waals surface area contributed by atoms with Gasteiger partial charge in [0.2, 0.25) is 11.1 Å². The summed E-state index contributed by atoms with van der Waals surface area (Å²) in [7, 11) is 0. The smallest absolute Gasteiger partial charge is 0.326 e. The fraction of sp³-hybridized carbons (Fsp3) is 0.615. The number of carboxylic acid groups (broad SMARTS) is 1. The molecule has 0 bridgehead atoms. The van der Waals surface area contributed by atoms with Gasteiger partial charge in [-0.1, -0.05) is 25.4 Å². The Labute approximate surface area is 122 Å². The summed E-state index contributed by atoms with van der Waals surface area (Å²) in [5, 5.41) is 15.5. The Morgan fingerprint density at radius 1 is 1.50 bits per heavy atom. The van der Waals surface area contributed by atoms with Gasteiger partial charge in [-0.3, -0.25) is 4.79 Å². The second-order valence-electron chi connectivity index (χ2n) is 4.79. The van der Waals surface area contributed by atoms with Crippen molar-refractivity contribution in [1.82, 2.24) is 10.5 Å². The molecule has 20 heavy (non-hydrogen) atoms. The van der Waals surface area contributed by atoms with Gasteiger partial charge in [0.1, 0.15) is 6.04 Å². The average molecular weight is 303 g/mol. The number of carbonyl (C=O) groups is 2. The number of carboxylic acids is 1. The summed E-state index contributed by atoms with van der Waals surface area (Å²) in [6.07, 6.45) is 1.18. The first-order valence-electron chi connectivity index (χ1n) is 6.49. The summed E-state index contributed by atoms with van der Waals surface area (Å²) in [5.74, 6) is -1.47. The molecule has 1 aromatic heterocycles. The number of rotatable bonds is 7. The predicted octanol–water partition coefficient (Wildman–Crippen LogP) is 2.18. The highest BCUT2D eigenvalue weighted by atomic mass is 35.5. The Hall–Kier alpha value is -1.56. The van der Waals surface area contributed by atoms with Crippen LogP contribution in [0, 0.1) is 12.8 Å². The minimum Gasteiger partial charge on any atom is -0.480 e. The van der Waals surface area contributed by atoms with Gasteiger partial charge in [0.25, 0.3) is 0 Å². The lowest BCUT2D eigenvalue weighted by molar-refractivity contribution is -0.143. The van der Waals surface area contributed by atoms with Crippen molar-refractivity contribution in [1.29, 1.82) is 0 Å². The van der Waals surface area contributed by atoms with Gasteiger partial charge in [-0.05, 0) is 30.9 Å². The molecule has 0 unspecified atom stereocenters. The monoisotopic (exact) mass is 302 g/mol. The minimum atomic E-state index is -1.02. The van der Waals surface area contributed by atoms with Crippen molar-refractivity contribution in [3.63, 3.8) is 0 Å². The molecule has 2 atom stereocenters. The van der Waals surface area contributed by atoms with Crippen LogP contribution >= 0.6 is 11.6 Å². The molecule has 6 nitrogen and oxygen atoms in total. The van der Waals surface area contributed by atoms with Gasteiger partial charge in [-0.15, -0.1) is 0 Å². The molecule has 0 aliphatic heterocycles. The maximum atomic E-state index is 11.8. The SMILES string of the molecule is CC[C@H](C)[C@H](NC(=O)CCc1c(C)noc1Cl)C(=O)O. The number of aliphatic carboxylic acids is 1. The number of aryl methyl sites for hydroxylation is 1. The first-order chi connectivity index (χ1) is 9.36. The maximum absolute atomic E-state index is 11.8. The van der Waals surface area contributed by atoms with E-state index >= 15 is 0 Å². The third-order valence-corrected chi connectivity index (χ3v) is 3.63. The van der Waals surface area contributed by atoms with E-state index in [1.807, 2.05) is 6.92 Å². The predicted molar refractivity (Wildman–Crippen MR) is 73.6 cm³/mol. The Morgan fingerprint density at radius 2 is 2.15 bits per heavy atom. The zero-order valence-corrected chi connectivity index (χ0v) is 12.5. The van der Waals surface area contributed by atoms with E-state index in [0.717, 1.165) is 0 Å². The van der Waals surface area contributed by atoms with E-state index in [4.69, 9.17) is 21.2 Å². The van der Waals surface area contributed by atoms with E-state index < -0.39 is 12.0 Å². The minimum absolute atomic E-state index is 0.127. The lowest BCUT2D eigenvalue weighted by Gasteiger charge is -2.20. The number of nitrogens with zero attached hydrogens (tertiary/aromatic N) is 1. The first-order valence-corrected chi connectivity index (χ1v) is 6.87. The van der Waals surface area contributed by atoms with Crippen molar-refractivity contribution in [2.75, 3.05) is 0 Å². The van der Waals surface area contributed by atoms with Crippen LogP contribution in [0.2, 0.25) is 5.22 Å². The van der Waals surface area contributed by atoms with Crippen molar-refractivity contribution < 1.29 is 19.2 Å². The molecule has 0 aliphatic carbocycles. The van der Waals surface area contributed by atoms with E-state index in [1.54, 1.807) is 13.8 Å². The van der Waals surface area contributed by atoms with E-state index in [9.17, 15) is 9.59 Å². The Balaban J connectivity index is 2.57. The standard InChI is InChI=1S/C13H19ClN2O4/c1-4-7(2)11(13(18)19)15-10(17)6-5-9-8(3)16-20-12(9)14/h7,11H,4-6H2,1-3H3,(H,15,17)(H,18,19)/t7-,11-/m0/s1. The summed E-state index contributed by atoms with van der Waals surface area (Å²) in [6, 6.07) is -0.869. The molecule has 2 N–H and O–H groups in total. The van der Waals surface area contributed by atoms with E-state index in [0.29, 0.717) is 24.1 Å². The number of halogens is 1. The molecule has 7 heteroatoms. The van der Waals surface area contributed by atoms with Crippen LogP contribution in [-0.4, -0.2) is 28.2 Å². The third-order valence-electron chi connectivity index (χ3n) is 3.33. The largest absolute Gasteiger partial charge is 0.480 e. The van der Waals surface area contributed by atoms with E-state index in [1.165, 1.54) is 0 Å². The molecule has 0 radical (unpaired) electrons. The molecule has 1 rings (SSSR count). The van der Waals surface area contributed by atoms with Gasteiger partial charge in [0.15, 0.2) is 0 Å². The van der Waals surface area contributed by atoms with Crippen LogP contribution in [0.4, 0.5) is 0 Å². The summed E-state index contributed by atoms with van der Waals surface area (Å²) in [6.45, 7) is 5.41. The summed E-state index contributed by atoms with van der Waals surface area (Å²) in [5.41, 5.74) is 1.32. The van der Waals surface area contributed by atoms with Crippen molar-refractivity contribution in [2.45, 2.75) is 46.1 Å².